The van der Waals surface area contributed by atoms with E-state index in [0.717, 1.165) is 12.1 Å². The number of carbonyl (C=O) groups is 1. The van der Waals surface area contributed by atoms with Crippen LogP contribution in [0.3, 0.4) is 0 Å². The summed E-state index contributed by atoms with van der Waals surface area (Å²) < 4.78 is 32.5. The van der Waals surface area contributed by atoms with Gasteiger partial charge in [-0.15, -0.1) is 0 Å². The van der Waals surface area contributed by atoms with Crippen LogP contribution in [0.15, 0.2) is 42.0 Å². The van der Waals surface area contributed by atoms with E-state index in [4.69, 9.17) is 16.3 Å². The topological polar surface area (TPSA) is 38.3 Å². The second-order valence-corrected chi connectivity index (χ2v) is 5.13. The molecule has 2 aromatic carbocycles. The first kappa shape index (κ1) is 14.5. The minimum absolute atomic E-state index is 0.0105. The number of halogens is 3. The zero-order chi connectivity index (χ0) is 15.7. The summed E-state index contributed by atoms with van der Waals surface area (Å²) in [6, 6.07) is 8.38. The lowest BCUT2D eigenvalue weighted by molar-refractivity contribution is -0.113. The predicted molar refractivity (Wildman–Crippen MR) is 79.9 cm³/mol. The van der Waals surface area contributed by atoms with E-state index >= 15 is 0 Å². The van der Waals surface area contributed by atoms with Gasteiger partial charge in [0.2, 0.25) is 0 Å². The number of ether oxygens (including phenoxy) is 1. The normalized spacial score (nSPS) is 13.0. The first-order valence-electron chi connectivity index (χ1n) is 6.43. The molecule has 0 aromatic heterocycles. The molecule has 112 valence electrons. The van der Waals surface area contributed by atoms with E-state index in [-0.39, 0.29) is 12.2 Å². The molecule has 0 fully saturated rings. The van der Waals surface area contributed by atoms with Crippen molar-refractivity contribution in [3.8, 4) is 5.75 Å². The molecule has 1 amide bonds. The van der Waals surface area contributed by atoms with Crippen LogP contribution in [0, 0.1) is 11.6 Å². The van der Waals surface area contributed by atoms with E-state index in [1.165, 1.54) is 6.07 Å². The third-order valence-electron chi connectivity index (χ3n) is 3.18. The van der Waals surface area contributed by atoms with Crippen molar-refractivity contribution in [3.63, 3.8) is 0 Å². The van der Waals surface area contributed by atoms with Crippen LogP contribution < -0.4 is 10.1 Å². The Morgan fingerprint density at radius 2 is 1.91 bits per heavy atom. The average molecular weight is 322 g/mol. The molecule has 0 atom stereocenters. The van der Waals surface area contributed by atoms with Gasteiger partial charge in [0.1, 0.15) is 29.7 Å². The fourth-order valence-electron chi connectivity index (χ4n) is 2.09. The highest BCUT2D eigenvalue weighted by Crippen LogP contribution is 2.29. The van der Waals surface area contributed by atoms with Gasteiger partial charge in [0, 0.05) is 10.6 Å². The Morgan fingerprint density at radius 1 is 1.18 bits per heavy atom. The molecule has 0 unspecified atom stereocenters. The molecule has 22 heavy (non-hydrogen) atoms. The monoisotopic (exact) mass is 321 g/mol. The Labute approximate surface area is 130 Å². The Balaban J connectivity index is 1.87. The van der Waals surface area contributed by atoms with E-state index in [1.807, 2.05) is 0 Å². The van der Waals surface area contributed by atoms with Crippen LogP contribution in [0.4, 0.5) is 14.5 Å². The Kier molecular flexibility index (Phi) is 3.81. The number of nitrogens with one attached hydrogen (secondary N) is 1. The SMILES string of the molecule is O=C(Nc1c(F)cccc1F)C1=Cc2cc(Cl)ccc2OC1. The van der Waals surface area contributed by atoms with Crippen molar-refractivity contribution in [2.75, 3.05) is 11.9 Å². The molecule has 0 saturated carbocycles. The molecule has 1 N–H and O–H groups in total. The van der Waals surface area contributed by atoms with Crippen molar-refractivity contribution >= 4 is 29.3 Å². The molecule has 0 saturated heterocycles. The number of benzene rings is 2. The smallest absolute Gasteiger partial charge is 0.255 e. The zero-order valence-electron chi connectivity index (χ0n) is 11.2. The third kappa shape index (κ3) is 2.80. The Hall–Kier alpha value is -2.40. The maximum absolute atomic E-state index is 13.5. The second kappa shape index (κ2) is 5.77. The van der Waals surface area contributed by atoms with Crippen molar-refractivity contribution in [2.24, 2.45) is 0 Å². The standard InChI is InChI=1S/C16H10ClF2NO2/c17-11-4-5-14-9(7-11)6-10(8-22-14)16(21)20-15-12(18)2-1-3-13(15)19/h1-7H,8H2,(H,20,21). The fraction of sp³-hybridized carbons (Fsp3) is 0.0625. The van der Waals surface area contributed by atoms with E-state index in [1.54, 1.807) is 24.3 Å². The van der Waals surface area contributed by atoms with Crippen molar-refractivity contribution in [1.29, 1.82) is 0 Å². The van der Waals surface area contributed by atoms with Gasteiger partial charge in [0.25, 0.3) is 5.91 Å². The van der Waals surface area contributed by atoms with E-state index in [0.29, 0.717) is 16.3 Å². The number of fused-ring (bicyclic) bond motifs is 1. The molecule has 6 heteroatoms. The van der Waals surface area contributed by atoms with Crippen molar-refractivity contribution in [2.45, 2.75) is 0 Å². The van der Waals surface area contributed by atoms with Crippen LogP contribution in [0.25, 0.3) is 6.08 Å². The highest BCUT2D eigenvalue weighted by molar-refractivity contribution is 6.30. The van der Waals surface area contributed by atoms with Crippen LogP contribution in [0.2, 0.25) is 5.02 Å². The summed E-state index contributed by atoms with van der Waals surface area (Å²) in [5.74, 6) is -1.71. The average Bonchev–Trinajstić information content (AvgIpc) is 2.50. The third-order valence-corrected chi connectivity index (χ3v) is 3.41. The fourth-order valence-corrected chi connectivity index (χ4v) is 2.27. The van der Waals surface area contributed by atoms with E-state index in [2.05, 4.69) is 5.32 Å². The maximum atomic E-state index is 13.5. The quantitative estimate of drug-likeness (QED) is 0.907. The van der Waals surface area contributed by atoms with E-state index < -0.39 is 23.2 Å². The van der Waals surface area contributed by atoms with Crippen LogP contribution in [-0.2, 0) is 4.79 Å². The van der Waals surface area contributed by atoms with Crippen molar-refractivity contribution in [3.05, 3.63) is 64.2 Å². The van der Waals surface area contributed by atoms with E-state index in [9.17, 15) is 13.6 Å². The Morgan fingerprint density at radius 3 is 2.64 bits per heavy atom. The highest BCUT2D eigenvalue weighted by Gasteiger charge is 2.20. The first-order chi connectivity index (χ1) is 10.5. The van der Waals surface area contributed by atoms with Crippen LogP contribution in [0.5, 0.6) is 5.75 Å². The number of hydrogen-bond donors (Lipinski definition) is 1. The number of anilines is 1. The van der Waals surface area contributed by atoms with Gasteiger partial charge < -0.3 is 10.1 Å². The lowest BCUT2D eigenvalue weighted by Gasteiger charge is -2.18. The highest BCUT2D eigenvalue weighted by atomic mass is 35.5. The molecule has 2 aromatic rings. The molecular weight excluding hydrogens is 312 g/mol. The molecule has 3 rings (SSSR count). The zero-order valence-corrected chi connectivity index (χ0v) is 12.0. The molecule has 1 heterocycles. The number of para-hydroxylation sites is 1. The van der Waals surface area contributed by atoms with Gasteiger partial charge in [-0.3, -0.25) is 4.79 Å². The molecule has 0 spiro atoms. The molecule has 0 aliphatic carbocycles. The number of amides is 1. The van der Waals surface area contributed by atoms with Gasteiger partial charge in [-0.2, -0.15) is 0 Å². The number of hydrogen-bond acceptors (Lipinski definition) is 2. The molecule has 3 nitrogen and oxygen atoms in total. The summed E-state index contributed by atoms with van der Waals surface area (Å²) in [6.45, 7) is 0.0105. The van der Waals surface area contributed by atoms with Gasteiger partial charge in [-0.05, 0) is 36.4 Å². The van der Waals surface area contributed by atoms with Gasteiger partial charge in [0.15, 0.2) is 0 Å². The molecular formula is C16H10ClF2NO2. The van der Waals surface area contributed by atoms with Crippen LogP contribution in [-0.4, -0.2) is 12.5 Å². The van der Waals surface area contributed by atoms with Gasteiger partial charge in [0.05, 0.1) is 5.57 Å². The summed E-state index contributed by atoms with van der Waals surface area (Å²) in [5.41, 5.74) is 0.403. The number of carbonyl (C=O) groups excluding carboxylic acids is 1. The minimum atomic E-state index is -0.839. The lowest BCUT2D eigenvalue weighted by Crippen LogP contribution is -2.22. The van der Waals surface area contributed by atoms with Crippen molar-refractivity contribution in [1.82, 2.24) is 0 Å². The largest absolute Gasteiger partial charge is 0.488 e. The lowest BCUT2D eigenvalue weighted by atomic mass is 10.1. The summed E-state index contributed by atoms with van der Waals surface area (Å²) in [4.78, 5) is 12.1. The molecule has 1 aliphatic heterocycles. The molecule has 0 radical (unpaired) electrons. The first-order valence-corrected chi connectivity index (χ1v) is 6.80. The van der Waals surface area contributed by atoms with Crippen LogP contribution in [0.1, 0.15) is 5.56 Å². The van der Waals surface area contributed by atoms with Crippen LogP contribution >= 0.6 is 11.6 Å². The Bertz CT molecular complexity index is 769. The molecule has 0 bridgehead atoms. The summed E-state index contributed by atoms with van der Waals surface area (Å²) in [6.07, 6.45) is 1.58. The summed E-state index contributed by atoms with van der Waals surface area (Å²) >= 11 is 5.89. The van der Waals surface area contributed by atoms with Gasteiger partial charge in [-0.1, -0.05) is 17.7 Å². The predicted octanol–water partition coefficient (Wildman–Crippen LogP) is 4.03. The summed E-state index contributed by atoms with van der Waals surface area (Å²) in [7, 11) is 0. The van der Waals surface area contributed by atoms with Gasteiger partial charge in [-0.25, -0.2) is 8.78 Å². The van der Waals surface area contributed by atoms with Gasteiger partial charge >= 0.3 is 0 Å². The van der Waals surface area contributed by atoms with Crippen molar-refractivity contribution < 1.29 is 18.3 Å². The second-order valence-electron chi connectivity index (χ2n) is 4.69. The minimum Gasteiger partial charge on any atom is -0.488 e. The maximum Gasteiger partial charge on any atom is 0.255 e. The summed E-state index contributed by atoms with van der Waals surface area (Å²) in [5, 5.41) is 2.72. The molecule has 1 aliphatic rings. The number of rotatable bonds is 2.